The predicted octanol–water partition coefficient (Wildman–Crippen LogP) is 0.105. The monoisotopic (exact) mass is 313 g/mol. The van der Waals surface area contributed by atoms with Gasteiger partial charge in [-0.15, -0.1) is 0 Å². The Labute approximate surface area is 131 Å². The Morgan fingerprint density at radius 1 is 1.05 bits per heavy atom. The van der Waals surface area contributed by atoms with Crippen LogP contribution < -0.4 is 16.0 Å². The maximum absolute atomic E-state index is 12.3. The van der Waals surface area contributed by atoms with Crippen molar-refractivity contribution in [2.24, 2.45) is 11.8 Å². The molecule has 1 aliphatic rings. The summed E-state index contributed by atoms with van der Waals surface area (Å²) in [5.74, 6) is -2.10. The average molecular weight is 313 g/mol. The number of carboxylic acids is 1. The van der Waals surface area contributed by atoms with Gasteiger partial charge in [-0.3, -0.25) is 9.59 Å². The fourth-order valence-corrected chi connectivity index (χ4v) is 2.45. The summed E-state index contributed by atoms with van der Waals surface area (Å²) in [6.45, 7) is 7.88. The predicted molar refractivity (Wildman–Crippen MR) is 82.2 cm³/mol. The molecular weight excluding hydrogens is 286 g/mol. The van der Waals surface area contributed by atoms with E-state index in [0.717, 1.165) is 19.4 Å². The molecule has 0 spiro atoms. The number of amides is 2. The summed E-state index contributed by atoms with van der Waals surface area (Å²) in [5.41, 5.74) is 0. The SMILES string of the molecule is CC(C)C(NC(=O)C(NC(=O)C1CCCN1)C(C)C)C(=O)O. The first-order valence-corrected chi connectivity index (χ1v) is 7.81. The second-order valence-corrected chi connectivity index (χ2v) is 6.45. The van der Waals surface area contributed by atoms with Gasteiger partial charge in [-0.25, -0.2) is 4.79 Å². The number of hydrogen-bond acceptors (Lipinski definition) is 4. The van der Waals surface area contributed by atoms with Crippen LogP contribution in [0.3, 0.4) is 0 Å². The van der Waals surface area contributed by atoms with E-state index in [9.17, 15) is 14.4 Å². The van der Waals surface area contributed by atoms with Crippen LogP contribution in [0.4, 0.5) is 0 Å². The van der Waals surface area contributed by atoms with E-state index in [2.05, 4.69) is 16.0 Å². The molecule has 7 nitrogen and oxygen atoms in total. The van der Waals surface area contributed by atoms with Crippen LogP contribution in [-0.4, -0.2) is 47.6 Å². The van der Waals surface area contributed by atoms with Gasteiger partial charge in [0.2, 0.25) is 11.8 Å². The number of carboxylic acid groups (broad SMARTS) is 1. The zero-order chi connectivity index (χ0) is 16.9. The lowest BCUT2D eigenvalue weighted by molar-refractivity contribution is -0.143. The highest BCUT2D eigenvalue weighted by Gasteiger charge is 2.32. The molecule has 1 aliphatic heterocycles. The van der Waals surface area contributed by atoms with Gasteiger partial charge in [0.05, 0.1) is 6.04 Å². The van der Waals surface area contributed by atoms with Crippen molar-refractivity contribution in [2.75, 3.05) is 6.54 Å². The largest absolute Gasteiger partial charge is 0.480 e. The molecule has 22 heavy (non-hydrogen) atoms. The Kier molecular flexibility index (Phi) is 6.80. The summed E-state index contributed by atoms with van der Waals surface area (Å²) in [7, 11) is 0. The molecule has 0 aromatic rings. The minimum absolute atomic E-state index is 0.132. The third-order valence-electron chi connectivity index (χ3n) is 3.85. The number of hydrogen-bond donors (Lipinski definition) is 4. The first kappa shape index (κ1) is 18.4. The Morgan fingerprint density at radius 2 is 1.64 bits per heavy atom. The lowest BCUT2D eigenvalue weighted by Gasteiger charge is -2.26. The summed E-state index contributed by atoms with van der Waals surface area (Å²) >= 11 is 0. The smallest absolute Gasteiger partial charge is 0.326 e. The van der Waals surface area contributed by atoms with Crippen LogP contribution in [-0.2, 0) is 14.4 Å². The molecule has 2 amide bonds. The molecule has 0 aliphatic carbocycles. The van der Waals surface area contributed by atoms with Crippen molar-refractivity contribution in [3.8, 4) is 0 Å². The van der Waals surface area contributed by atoms with Gasteiger partial charge in [-0.2, -0.15) is 0 Å². The van der Waals surface area contributed by atoms with Gasteiger partial charge in [0.1, 0.15) is 12.1 Å². The van der Waals surface area contributed by atoms with Crippen molar-refractivity contribution in [3.05, 3.63) is 0 Å². The molecule has 1 saturated heterocycles. The molecule has 1 fully saturated rings. The van der Waals surface area contributed by atoms with E-state index in [1.54, 1.807) is 13.8 Å². The highest BCUT2D eigenvalue weighted by molar-refractivity contribution is 5.92. The topological polar surface area (TPSA) is 108 Å². The molecule has 0 radical (unpaired) electrons. The standard InChI is InChI=1S/C15H27N3O4/c1-8(2)11(17-13(19)10-6-5-7-16-10)14(20)18-12(9(3)4)15(21)22/h8-12,16H,5-7H2,1-4H3,(H,17,19)(H,18,20)(H,21,22). The first-order valence-electron chi connectivity index (χ1n) is 7.81. The lowest BCUT2D eigenvalue weighted by atomic mass is 10.00. The molecule has 1 rings (SSSR count). The molecule has 3 unspecified atom stereocenters. The molecule has 0 saturated carbocycles. The van der Waals surface area contributed by atoms with Gasteiger partial charge < -0.3 is 21.1 Å². The third-order valence-corrected chi connectivity index (χ3v) is 3.85. The summed E-state index contributed by atoms with van der Waals surface area (Å²) in [6, 6.07) is -1.97. The molecule has 0 bridgehead atoms. The van der Waals surface area contributed by atoms with E-state index < -0.39 is 24.0 Å². The van der Waals surface area contributed by atoms with Crippen molar-refractivity contribution >= 4 is 17.8 Å². The van der Waals surface area contributed by atoms with Crippen LogP contribution in [0.5, 0.6) is 0 Å². The maximum Gasteiger partial charge on any atom is 0.326 e. The molecule has 0 aromatic carbocycles. The van der Waals surface area contributed by atoms with Crippen molar-refractivity contribution in [3.63, 3.8) is 0 Å². The van der Waals surface area contributed by atoms with Crippen LogP contribution in [0, 0.1) is 11.8 Å². The molecule has 7 heteroatoms. The number of rotatable bonds is 7. The van der Waals surface area contributed by atoms with Gasteiger partial charge >= 0.3 is 5.97 Å². The molecule has 4 N–H and O–H groups in total. The van der Waals surface area contributed by atoms with Gasteiger partial charge in [0, 0.05) is 0 Å². The quantitative estimate of drug-likeness (QED) is 0.533. The van der Waals surface area contributed by atoms with E-state index in [0.29, 0.717) is 0 Å². The second-order valence-electron chi connectivity index (χ2n) is 6.45. The molecule has 1 heterocycles. The Bertz CT molecular complexity index is 417. The third kappa shape index (κ3) is 4.98. The van der Waals surface area contributed by atoms with E-state index >= 15 is 0 Å². The van der Waals surface area contributed by atoms with Crippen LogP contribution in [0.25, 0.3) is 0 Å². The van der Waals surface area contributed by atoms with E-state index in [-0.39, 0.29) is 23.8 Å². The minimum Gasteiger partial charge on any atom is -0.480 e. The van der Waals surface area contributed by atoms with E-state index in [1.807, 2.05) is 13.8 Å². The molecular formula is C15H27N3O4. The van der Waals surface area contributed by atoms with Crippen molar-refractivity contribution in [1.29, 1.82) is 0 Å². The summed E-state index contributed by atoms with van der Waals surface area (Å²) in [5, 5.41) is 17.5. The van der Waals surface area contributed by atoms with Crippen LogP contribution in [0.15, 0.2) is 0 Å². The highest BCUT2D eigenvalue weighted by atomic mass is 16.4. The highest BCUT2D eigenvalue weighted by Crippen LogP contribution is 2.09. The Balaban J connectivity index is 2.70. The Morgan fingerprint density at radius 3 is 2.05 bits per heavy atom. The van der Waals surface area contributed by atoms with Crippen molar-refractivity contribution in [1.82, 2.24) is 16.0 Å². The van der Waals surface area contributed by atoms with E-state index in [1.165, 1.54) is 0 Å². The molecule has 0 aromatic heterocycles. The summed E-state index contributed by atoms with van der Waals surface area (Å²) in [6.07, 6.45) is 1.69. The van der Waals surface area contributed by atoms with Crippen molar-refractivity contribution in [2.45, 2.75) is 58.7 Å². The zero-order valence-electron chi connectivity index (χ0n) is 13.7. The number of carbonyl (C=O) groups excluding carboxylic acids is 2. The summed E-state index contributed by atoms with van der Waals surface area (Å²) in [4.78, 5) is 35.7. The first-order chi connectivity index (χ1) is 10.2. The lowest BCUT2D eigenvalue weighted by Crippen LogP contribution is -2.57. The average Bonchev–Trinajstić information content (AvgIpc) is 2.94. The fourth-order valence-electron chi connectivity index (χ4n) is 2.45. The van der Waals surface area contributed by atoms with Gasteiger partial charge in [-0.1, -0.05) is 27.7 Å². The fraction of sp³-hybridized carbons (Fsp3) is 0.800. The van der Waals surface area contributed by atoms with Gasteiger partial charge in [0.25, 0.3) is 0 Å². The minimum atomic E-state index is -1.07. The summed E-state index contributed by atoms with van der Waals surface area (Å²) < 4.78 is 0. The number of carbonyl (C=O) groups is 3. The molecule has 126 valence electrons. The van der Waals surface area contributed by atoms with E-state index in [4.69, 9.17) is 5.11 Å². The van der Waals surface area contributed by atoms with Crippen molar-refractivity contribution < 1.29 is 19.5 Å². The van der Waals surface area contributed by atoms with Crippen LogP contribution in [0.2, 0.25) is 0 Å². The second kappa shape index (κ2) is 8.12. The number of aliphatic carboxylic acids is 1. The maximum atomic E-state index is 12.3. The molecule has 3 atom stereocenters. The number of nitrogens with one attached hydrogen (secondary N) is 3. The van der Waals surface area contributed by atoms with Crippen LogP contribution in [0.1, 0.15) is 40.5 Å². The zero-order valence-corrected chi connectivity index (χ0v) is 13.7. The Hall–Kier alpha value is -1.63. The van der Waals surface area contributed by atoms with Gasteiger partial charge in [0.15, 0.2) is 0 Å². The normalized spacial score (nSPS) is 20.7. The van der Waals surface area contributed by atoms with Gasteiger partial charge in [-0.05, 0) is 31.2 Å². The van der Waals surface area contributed by atoms with Crippen LogP contribution >= 0.6 is 0 Å².